The second-order valence-corrected chi connectivity index (χ2v) is 7.62. The molecular weight excluding hydrogens is 386 g/mol. The molecule has 1 N–H and O–H groups in total. The third-order valence-corrected chi connectivity index (χ3v) is 5.29. The number of nitrogens with one attached hydrogen (secondary N) is 1. The molecule has 0 aliphatic heterocycles. The highest BCUT2D eigenvalue weighted by atomic mass is 16.5. The number of carbonyl (C=O) groups excluding carboxylic acids is 1. The Morgan fingerprint density at radius 3 is 2.32 bits per heavy atom. The molecule has 3 aromatic rings. The lowest BCUT2D eigenvalue weighted by molar-refractivity contribution is -0.118. The number of hydrogen-bond acceptors (Lipinski definition) is 3. The lowest BCUT2D eigenvalue weighted by Gasteiger charge is -2.16. The highest BCUT2D eigenvalue weighted by molar-refractivity contribution is 5.93. The topological polar surface area (TPSA) is 47.6 Å². The average molecular weight is 418 g/mol. The maximum Gasteiger partial charge on any atom is 0.262 e. The van der Waals surface area contributed by atoms with Gasteiger partial charge in [-0.25, -0.2) is 0 Å². The Morgan fingerprint density at radius 2 is 1.55 bits per heavy atom. The van der Waals surface area contributed by atoms with E-state index in [-0.39, 0.29) is 12.5 Å². The molecule has 1 atom stereocenters. The van der Waals surface area contributed by atoms with Crippen molar-refractivity contribution in [2.75, 3.05) is 18.5 Å². The normalized spacial score (nSPS) is 11.5. The molecule has 1 unspecified atom stereocenters. The fourth-order valence-electron chi connectivity index (χ4n) is 3.37. The zero-order valence-electron chi connectivity index (χ0n) is 18.3. The number of carbonyl (C=O) groups is 1. The summed E-state index contributed by atoms with van der Waals surface area (Å²) in [5.41, 5.74) is 3.08. The van der Waals surface area contributed by atoms with Crippen molar-refractivity contribution in [1.29, 1.82) is 0 Å². The summed E-state index contributed by atoms with van der Waals surface area (Å²) in [7, 11) is 0. The lowest BCUT2D eigenvalue weighted by Crippen LogP contribution is -2.21. The van der Waals surface area contributed by atoms with E-state index in [1.165, 1.54) is 5.56 Å². The minimum atomic E-state index is -0.209. The summed E-state index contributed by atoms with van der Waals surface area (Å²) in [6, 6.07) is 25.7. The van der Waals surface area contributed by atoms with Crippen LogP contribution >= 0.6 is 0 Å². The molecule has 0 saturated heterocycles. The standard InChI is InChI=1S/C27H31NO3/c1-3-21(2)23-15-7-9-17-25(23)31-20-27(29)28-24-16-8-10-18-26(24)30-19-11-14-22-12-5-4-6-13-22/h4-10,12-13,15-18,21H,3,11,14,19-20H2,1-2H3,(H,28,29). The van der Waals surface area contributed by atoms with E-state index in [0.717, 1.165) is 30.6 Å². The smallest absolute Gasteiger partial charge is 0.262 e. The number of amides is 1. The van der Waals surface area contributed by atoms with Gasteiger partial charge in [0.15, 0.2) is 6.61 Å². The number of para-hydroxylation sites is 3. The van der Waals surface area contributed by atoms with E-state index in [0.29, 0.717) is 24.0 Å². The average Bonchev–Trinajstić information content (AvgIpc) is 2.82. The molecule has 0 spiro atoms. The molecule has 0 aromatic heterocycles. The van der Waals surface area contributed by atoms with Crippen molar-refractivity contribution < 1.29 is 14.3 Å². The Bertz CT molecular complexity index is 955. The molecule has 0 aliphatic carbocycles. The highest BCUT2D eigenvalue weighted by Gasteiger charge is 2.12. The zero-order valence-corrected chi connectivity index (χ0v) is 18.3. The van der Waals surface area contributed by atoms with Gasteiger partial charge in [0, 0.05) is 0 Å². The molecule has 0 bridgehead atoms. The van der Waals surface area contributed by atoms with Crippen LogP contribution in [0.5, 0.6) is 11.5 Å². The molecule has 4 heteroatoms. The van der Waals surface area contributed by atoms with Crippen molar-refractivity contribution in [1.82, 2.24) is 0 Å². The molecule has 0 radical (unpaired) electrons. The van der Waals surface area contributed by atoms with Gasteiger partial charge in [0.05, 0.1) is 12.3 Å². The quantitative estimate of drug-likeness (QED) is 0.376. The van der Waals surface area contributed by atoms with Gasteiger partial charge in [-0.3, -0.25) is 4.79 Å². The van der Waals surface area contributed by atoms with Crippen LogP contribution in [0.2, 0.25) is 0 Å². The van der Waals surface area contributed by atoms with Crippen molar-refractivity contribution >= 4 is 11.6 Å². The number of hydrogen-bond donors (Lipinski definition) is 1. The van der Waals surface area contributed by atoms with Gasteiger partial charge in [0.2, 0.25) is 0 Å². The van der Waals surface area contributed by atoms with Crippen molar-refractivity contribution in [3.63, 3.8) is 0 Å². The summed E-state index contributed by atoms with van der Waals surface area (Å²) in [4.78, 5) is 12.5. The van der Waals surface area contributed by atoms with Crippen LogP contribution in [-0.2, 0) is 11.2 Å². The Morgan fingerprint density at radius 1 is 0.871 bits per heavy atom. The Balaban J connectivity index is 1.51. The third kappa shape index (κ3) is 6.88. The van der Waals surface area contributed by atoms with Gasteiger partial charge >= 0.3 is 0 Å². The van der Waals surface area contributed by atoms with E-state index in [4.69, 9.17) is 9.47 Å². The molecule has 0 fully saturated rings. The first-order valence-corrected chi connectivity index (χ1v) is 10.9. The first-order chi connectivity index (χ1) is 15.2. The maximum atomic E-state index is 12.5. The van der Waals surface area contributed by atoms with Gasteiger partial charge in [-0.2, -0.15) is 0 Å². The van der Waals surface area contributed by atoms with E-state index in [9.17, 15) is 4.79 Å². The van der Waals surface area contributed by atoms with E-state index >= 15 is 0 Å². The second-order valence-electron chi connectivity index (χ2n) is 7.62. The molecule has 3 rings (SSSR count). The van der Waals surface area contributed by atoms with E-state index in [1.54, 1.807) is 0 Å². The van der Waals surface area contributed by atoms with Crippen molar-refractivity contribution in [3.8, 4) is 11.5 Å². The molecule has 3 aromatic carbocycles. The molecule has 162 valence electrons. The monoisotopic (exact) mass is 417 g/mol. The summed E-state index contributed by atoms with van der Waals surface area (Å²) in [5.74, 6) is 1.60. The maximum absolute atomic E-state index is 12.5. The van der Waals surface area contributed by atoms with Gasteiger partial charge in [0.1, 0.15) is 11.5 Å². The lowest BCUT2D eigenvalue weighted by atomic mass is 9.98. The predicted molar refractivity (Wildman–Crippen MR) is 126 cm³/mol. The summed E-state index contributed by atoms with van der Waals surface area (Å²) in [6.45, 7) is 4.84. The summed E-state index contributed by atoms with van der Waals surface area (Å²) >= 11 is 0. The molecule has 0 heterocycles. The van der Waals surface area contributed by atoms with Crippen LogP contribution in [0.1, 0.15) is 43.7 Å². The fourth-order valence-corrected chi connectivity index (χ4v) is 3.37. The van der Waals surface area contributed by atoms with Crippen LogP contribution in [0.4, 0.5) is 5.69 Å². The Hall–Kier alpha value is -3.27. The van der Waals surface area contributed by atoms with Crippen molar-refractivity contribution in [2.24, 2.45) is 0 Å². The van der Waals surface area contributed by atoms with Gasteiger partial charge in [-0.05, 0) is 54.5 Å². The Kier molecular flexibility index (Phi) is 8.53. The number of aryl methyl sites for hydroxylation is 1. The SMILES string of the molecule is CCC(C)c1ccccc1OCC(=O)Nc1ccccc1OCCCc1ccccc1. The highest BCUT2D eigenvalue weighted by Crippen LogP contribution is 2.28. The second kappa shape index (κ2) is 11.8. The number of ether oxygens (including phenoxy) is 2. The minimum Gasteiger partial charge on any atom is -0.491 e. The van der Waals surface area contributed by atoms with Crippen LogP contribution in [-0.4, -0.2) is 19.1 Å². The van der Waals surface area contributed by atoms with Crippen LogP contribution in [0.25, 0.3) is 0 Å². The first kappa shape index (κ1) is 22.4. The van der Waals surface area contributed by atoms with Gasteiger partial charge in [0.25, 0.3) is 5.91 Å². The first-order valence-electron chi connectivity index (χ1n) is 10.9. The summed E-state index contributed by atoms with van der Waals surface area (Å²) in [5, 5.41) is 2.91. The van der Waals surface area contributed by atoms with Gasteiger partial charge < -0.3 is 14.8 Å². The number of rotatable bonds is 11. The Labute approximate surface area is 185 Å². The van der Waals surface area contributed by atoms with E-state index in [1.807, 2.05) is 60.7 Å². The van der Waals surface area contributed by atoms with Crippen LogP contribution in [0.15, 0.2) is 78.9 Å². The molecule has 4 nitrogen and oxygen atoms in total. The molecule has 0 aliphatic rings. The van der Waals surface area contributed by atoms with Crippen molar-refractivity contribution in [3.05, 3.63) is 90.0 Å². The molecular formula is C27H31NO3. The largest absolute Gasteiger partial charge is 0.491 e. The predicted octanol–water partition coefficient (Wildman–Crippen LogP) is 6.23. The van der Waals surface area contributed by atoms with E-state index in [2.05, 4.69) is 37.4 Å². The van der Waals surface area contributed by atoms with Gasteiger partial charge in [-0.1, -0.05) is 74.5 Å². The summed E-state index contributed by atoms with van der Waals surface area (Å²) < 4.78 is 11.8. The molecule has 0 saturated carbocycles. The summed E-state index contributed by atoms with van der Waals surface area (Å²) in [6.07, 6.45) is 2.88. The van der Waals surface area contributed by atoms with Gasteiger partial charge in [-0.15, -0.1) is 0 Å². The van der Waals surface area contributed by atoms with Crippen LogP contribution in [0, 0.1) is 0 Å². The fraction of sp³-hybridized carbons (Fsp3) is 0.296. The number of benzene rings is 3. The molecule has 1 amide bonds. The third-order valence-electron chi connectivity index (χ3n) is 5.29. The zero-order chi connectivity index (χ0) is 21.9. The van der Waals surface area contributed by atoms with Crippen LogP contribution in [0.3, 0.4) is 0 Å². The van der Waals surface area contributed by atoms with E-state index < -0.39 is 0 Å². The molecule has 31 heavy (non-hydrogen) atoms. The van der Waals surface area contributed by atoms with Crippen LogP contribution < -0.4 is 14.8 Å². The number of anilines is 1. The van der Waals surface area contributed by atoms with Crippen molar-refractivity contribution in [2.45, 2.75) is 39.0 Å². The minimum absolute atomic E-state index is 0.0458.